The number of hydrogen-bond acceptors (Lipinski definition) is 5. The highest BCUT2D eigenvalue weighted by molar-refractivity contribution is 6.02. The summed E-state index contributed by atoms with van der Waals surface area (Å²) >= 11 is 0. The van der Waals surface area contributed by atoms with Gasteiger partial charge in [-0.2, -0.15) is 0 Å². The van der Waals surface area contributed by atoms with E-state index in [0.717, 1.165) is 0 Å². The van der Waals surface area contributed by atoms with Crippen LogP contribution in [-0.4, -0.2) is 66.2 Å². The number of amides is 4. The van der Waals surface area contributed by atoms with Gasteiger partial charge in [0.05, 0.1) is 19.7 Å². The summed E-state index contributed by atoms with van der Waals surface area (Å²) in [7, 11) is 1.51. The first kappa shape index (κ1) is 16.9. The van der Waals surface area contributed by atoms with Crippen molar-refractivity contribution in [3.63, 3.8) is 0 Å². The van der Waals surface area contributed by atoms with Crippen molar-refractivity contribution in [2.75, 3.05) is 26.7 Å². The number of carbonyl (C=O) groups is 4. The van der Waals surface area contributed by atoms with Gasteiger partial charge in [-0.1, -0.05) is 6.07 Å². The molecule has 2 fully saturated rings. The van der Waals surface area contributed by atoms with Crippen LogP contribution in [0.3, 0.4) is 0 Å². The molecule has 1 N–H and O–H groups in total. The summed E-state index contributed by atoms with van der Waals surface area (Å²) in [5.41, 5.74) is 0.405. The van der Waals surface area contributed by atoms with Crippen LogP contribution in [0.15, 0.2) is 24.3 Å². The zero-order valence-electron chi connectivity index (χ0n) is 13.9. The van der Waals surface area contributed by atoms with Gasteiger partial charge in [0.2, 0.25) is 17.7 Å². The quantitative estimate of drug-likeness (QED) is 0.745. The Balaban J connectivity index is 1.47. The second-order valence-corrected chi connectivity index (χ2v) is 6.02. The second-order valence-electron chi connectivity index (χ2n) is 6.02. The number of nitrogens with zero attached hydrogens (tertiary/aromatic N) is 2. The number of methoxy groups -OCH3 is 1. The van der Waals surface area contributed by atoms with Gasteiger partial charge in [-0.3, -0.25) is 24.1 Å². The third-order valence-electron chi connectivity index (χ3n) is 4.40. The molecule has 0 unspecified atom stereocenters. The van der Waals surface area contributed by atoms with Crippen molar-refractivity contribution in [2.45, 2.75) is 18.9 Å². The summed E-state index contributed by atoms with van der Waals surface area (Å²) in [5.74, 6) is -0.396. The Kier molecular flexibility index (Phi) is 4.69. The van der Waals surface area contributed by atoms with E-state index in [4.69, 9.17) is 4.74 Å². The van der Waals surface area contributed by atoms with Gasteiger partial charge in [0, 0.05) is 31.5 Å². The summed E-state index contributed by atoms with van der Waals surface area (Å²) in [6.45, 7) is 0.515. The molecule has 8 heteroatoms. The van der Waals surface area contributed by atoms with Crippen LogP contribution in [0.2, 0.25) is 0 Å². The summed E-state index contributed by atoms with van der Waals surface area (Å²) in [5, 5.41) is 2.57. The number of benzene rings is 1. The first-order valence-corrected chi connectivity index (χ1v) is 8.04. The van der Waals surface area contributed by atoms with Gasteiger partial charge in [0.15, 0.2) is 0 Å². The van der Waals surface area contributed by atoms with Crippen molar-refractivity contribution in [1.82, 2.24) is 15.1 Å². The van der Waals surface area contributed by atoms with E-state index >= 15 is 0 Å². The maximum absolute atomic E-state index is 12.1. The van der Waals surface area contributed by atoms with E-state index < -0.39 is 0 Å². The second kappa shape index (κ2) is 6.92. The van der Waals surface area contributed by atoms with Crippen LogP contribution >= 0.6 is 0 Å². The Hall–Kier alpha value is -2.90. The van der Waals surface area contributed by atoms with Crippen LogP contribution in [0, 0.1) is 0 Å². The molecule has 1 aromatic rings. The van der Waals surface area contributed by atoms with Crippen molar-refractivity contribution in [3.8, 4) is 5.75 Å². The molecule has 2 heterocycles. The van der Waals surface area contributed by atoms with Gasteiger partial charge >= 0.3 is 0 Å². The van der Waals surface area contributed by atoms with E-state index in [1.54, 1.807) is 24.3 Å². The Morgan fingerprint density at radius 2 is 1.88 bits per heavy atom. The molecular formula is C17H19N3O5. The fraction of sp³-hybridized carbons (Fsp3) is 0.412. The fourth-order valence-electron chi connectivity index (χ4n) is 2.96. The third kappa shape index (κ3) is 3.47. The van der Waals surface area contributed by atoms with E-state index in [-0.39, 0.29) is 49.1 Å². The largest absolute Gasteiger partial charge is 0.497 e. The Morgan fingerprint density at radius 3 is 2.52 bits per heavy atom. The van der Waals surface area contributed by atoms with Crippen molar-refractivity contribution in [1.29, 1.82) is 0 Å². The van der Waals surface area contributed by atoms with Crippen LogP contribution in [0.4, 0.5) is 0 Å². The number of imide groups is 1. The SMILES string of the molecule is COc1cccc(C(=O)NCC(=O)N2CC(N3C(=O)CCC3=O)C2)c1. The molecule has 0 aromatic heterocycles. The molecular weight excluding hydrogens is 326 g/mol. The lowest BCUT2D eigenvalue weighted by Crippen LogP contribution is -2.63. The van der Waals surface area contributed by atoms with Gasteiger partial charge in [0.1, 0.15) is 5.75 Å². The summed E-state index contributed by atoms with van der Waals surface area (Å²) in [6, 6.07) is 6.40. The third-order valence-corrected chi connectivity index (χ3v) is 4.40. The lowest BCUT2D eigenvalue weighted by Gasteiger charge is -2.43. The highest BCUT2D eigenvalue weighted by atomic mass is 16.5. The Morgan fingerprint density at radius 1 is 1.20 bits per heavy atom. The van der Waals surface area contributed by atoms with E-state index in [2.05, 4.69) is 5.32 Å². The topological polar surface area (TPSA) is 96.0 Å². The maximum atomic E-state index is 12.1. The van der Waals surface area contributed by atoms with Crippen molar-refractivity contribution < 1.29 is 23.9 Å². The predicted molar refractivity (Wildman–Crippen MR) is 86.8 cm³/mol. The molecule has 3 rings (SSSR count). The molecule has 8 nitrogen and oxygen atoms in total. The average molecular weight is 345 g/mol. The standard InChI is InChI=1S/C17H19N3O5/c1-25-13-4-2-3-11(7-13)17(24)18-8-16(23)19-9-12(10-19)20-14(21)5-6-15(20)22/h2-4,7,12H,5-6,8-10H2,1H3,(H,18,24). The zero-order valence-corrected chi connectivity index (χ0v) is 13.9. The molecule has 1 aromatic carbocycles. The molecule has 132 valence electrons. The maximum Gasteiger partial charge on any atom is 0.251 e. The van der Waals surface area contributed by atoms with Crippen LogP contribution in [0.5, 0.6) is 5.75 Å². The van der Waals surface area contributed by atoms with E-state index in [1.165, 1.54) is 16.9 Å². The average Bonchev–Trinajstić information content (AvgIpc) is 2.91. The summed E-state index contributed by atoms with van der Waals surface area (Å²) in [4.78, 5) is 50.3. The number of rotatable bonds is 5. The van der Waals surface area contributed by atoms with Gasteiger partial charge in [-0.25, -0.2) is 0 Å². The lowest BCUT2D eigenvalue weighted by atomic mass is 10.1. The van der Waals surface area contributed by atoms with E-state index in [9.17, 15) is 19.2 Å². The Labute approximate surface area is 144 Å². The van der Waals surface area contributed by atoms with E-state index in [0.29, 0.717) is 24.4 Å². The zero-order chi connectivity index (χ0) is 18.0. The first-order valence-electron chi connectivity index (χ1n) is 8.04. The molecule has 4 amide bonds. The van der Waals surface area contributed by atoms with Gasteiger partial charge in [0.25, 0.3) is 5.91 Å². The minimum Gasteiger partial charge on any atom is -0.497 e. The van der Waals surface area contributed by atoms with Crippen LogP contribution in [-0.2, 0) is 14.4 Å². The van der Waals surface area contributed by atoms with Crippen molar-refractivity contribution in [3.05, 3.63) is 29.8 Å². The summed E-state index contributed by atoms with van der Waals surface area (Å²) in [6.07, 6.45) is 0.500. The van der Waals surface area contributed by atoms with Crippen LogP contribution in [0.25, 0.3) is 0 Å². The van der Waals surface area contributed by atoms with Crippen LogP contribution < -0.4 is 10.1 Å². The van der Waals surface area contributed by atoms with Gasteiger partial charge < -0.3 is 15.0 Å². The predicted octanol–water partition coefficient (Wildman–Crippen LogP) is -0.215. The monoisotopic (exact) mass is 345 g/mol. The lowest BCUT2D eigenvalue weighted by molar-refractivity contribution is -0.151. The summed E-state index contributed by atoms with van der Waals surface area (Å²) < 4.78 is 5.06. The fourth-order valence-corrected chi connectivity index (χ4v) is 2.96. The first-order chi connectivity index (χ1) is 12.0. The molecule has 2 saturated heterocycles. The molecule has 0 bridgehead atoms. The smallest absolute Gasteiger partial charge is 0.251 e. The number of hydrogen-bond donors (Lipinski definition) is 1. The minimum absolute atomic E-state index is 0.134. The molecule has 0 aliphatic carbocycles. The van der Waals surface area contributed by atoms with Crippen molar-refractivity contribution in [2.24, 2.45) is 0 Å². The minimum atomic E-state index is -0.366. The Bertz CT molecular complexity index is 711. The number of ether oxygens (including phenoxy) is 1. The van der Waals surface area contributed by atoms with Gasteiger partial charge in [-0.05, 0) is 18.2 Å². The number of nitrogens with one attached hydrogen (secondary N) is 1. The van der Waals surface area contributed by atoms with Crippen LogP contribution in [0.1, 0.15) is 23.2 Å². The number of likely N-dealkylation sites (tertiary alicyclic amines) is 2. The normalized spacial score (nSPS) is 17.5. The molecule has 0 radical (unpaired) electrons. The molecule has 25 heavy (non-hydrogen) atoms. The van der Waals surface area contributed by atoms with Crippen molar-refractivity contribution >= 4 is 23.6 Å². The molecule has 0 spiro atoms. The molecule has 2 aliphatic rings. The number of carbonyl (C=O) groups excluding carboxylic acids is 4. The van der Waals surface area contributed by atoms with Gasteiger partial charge in [-0.15, -0.1) is 0 Å². The molecule has 0 saturated carbocycles. The highest BCUT2D eigenvalue weighted by Gasteiger charge is 2.42. The van der Waals surface area contributed by atoms with E-state index in [1.807, 2.05) is 0 Å². The highest BCUT2D eigenvalue weighted by Crippen LogP contribution is 2.22. The molecule has 2 aliphatic heterocycles. The molecule has 0 atom stereocenters.